The number of aromatic nitrogens is 1. The van der Waals surface area contributed by atoms with Gasteiger partial charge in [0, 0.05) is 27.2 Å². The third-order valence-electron chi connectivity index (χ3n) is 8.24. The molecular formula is C39H23N3O. The van der Waals surface area contributed by atoms with Gasteiger partial charge in [0.25, 0.3) is 0 Å². The van der Waals surface area contributed by atoms with Gasteiger partial charge in [0.2, 0.25) is 0 Å². The molecule has 0 amide bonds. The molecule has 6 aromatic carbocycles. The van der Waals surface area contributed by atoms with E-state index < -0.39 is 0 Å². The number of para-hydroxylation sites is 2. The van der Waals surface area contributed by atoms with Gasteiger partial charge < -0.3 is 8.98 Å². The molecule has 0 aliphatic heterocycles. The van der Waals surface area contributed by atoms with Gasteiger partial charge in [-0.25, -0.2) is 0 Å². The number of fused-ring (bicyclic) bond motifs is 6. The number of rotatable bonds is 3. The Morgan fingerprint density at radius 1 is 0.512 bits per heavy atom. The van der Waals surface area contributed by atoms with Crippen molar-refractivity contribution in [3.8, 4) is 40.1 Å². The Morgan fingerprint density at radius 2 is 1.16 bits per heavy atom. The molecule has 4 heteroatoms. The Bertz CT molecular complexity index is 2500. The maximum atomic E-state index is 10.1. The van der Waals surface area contributed by atoms with Gasteiger partial charge in [0.05, 0.1) is 34.3 Å². The molecule has 0 unspecified atom stereocenters. The number of hydrogen-bond donors (Lipinski definition) is 0. The van der Waals surface area contributed by atoms with E-state index in [2.05, 4.69) is 84.3 Å². The Labute approximate surface area is 247 Å². The molecule has 0 saturated carbocycles. The molecule has 0 fully saturated rings. The van der Waals surface area contributed by atoms with Crippen molar-refractivity contribution in [1.29, 1.82) is 10.5 Å². The maximum absolute atomic E-state index is 10.1. The SMILES string of the molecule is Cc1ccc2c(c1)c1ccccc1n2-c1cc(C#N)cc(-c2cc(C#N)cc(-c3ccc4oc5ccccc5c4c3)c2)c1. The first-order valence-electron chi connectivity index (χ1n) is 14.1. The molecule has 0 aliphatic carbocycles. The lowest BCUT2D eigenvalue weighted by Gasteiger charge is -2.13. The Balaban J connectivity index is 1.33. The van der Waals surface area contributed by atoms with E-state index in [1.54, 1.807) is 0 Å². The van der Waals surface area contributed by atoms with Gasteiger partial charge in [-0.1, -0.05) is 54.1 Å². The second-order valence-corrected chi connectivity index (χ2v) is 11.0. The molecule has 8 aromatic rings. The van der Waals surface area contributed by atoms with Gasteiger partial charge in [0.15, 0.2) is 0 Å². The van der Waals surface area contributed by atoms with Crippen molar-refractivity contribution in [2.24, 2.45) is 0 Å². The Kier molecular flexibility index (Phi) is 5.44. The Hall–Kier alpha value is -6.10. The van der Waals surface area contributed by atoms with E-state index in [9.17, 15) is 10.5 Å². The van der Waals surface area contributed by atoms with E-state index >= 15 is 0 Å². The highest BCUT2D eigenvalue weighted by molar-refractivity contribution is 6.09. The summed E-state index contributed by atoms with van der Waals surface area (Å²) in [5, 5.41) is 24.5. The highest BCUT2D eigenvalue weighted by atomic mass is 16.3. The van der Waals surface area contributed by atoms with Crippen LogP contribution < -0.4 is 0 Å². The third-order valence-corrected chi connectivity index (χ3v) is 8.24. The average molecular weight is 550 g/mol. The van der Waals surface area contributed by atoms with E-state index in [1.807, 2.05) is 60.7 Å². The second-order valence-electron chi connectivity index (χ2n) is 11.0. The molecule has 200 valence electrons. The van der Waals surface area contributed by atoms with Crippen LogP contribution in [0.1, 0.15) is 16.7 Å². The molecule has 2 heterocycles. The van der Waals surface area contributed by atoms with Crippen LogP contribution in [0.5, 0.6) is 0 Å². The van der Waals surface area contributed by atoms with Crippen molar-refractivity contribution >= 4 is 43.7 Å². The fraction of sp³-hybridized carbons (Fsp3) is 0.0256. The Morgan fingerprint density at radius 3 is 1.98 bits per heavy atom. The zero-order chi connectivity index (χ0) is 29.1. The zero-order valence-electron chi connectivity index (χ0n) is 23.3. The highest BCUT2D eigenvalue weighted by Gasteiger charge is 2.15. The summed E-state index contributed by atoms with van der Waals surface area (Å²) in [5.41, 5.74) is 10.7. The van der Waals surface area contributed by atoms with Gasteiger partial charge >= 0.3 is 0 Å². The van der Waals surface area contributed by atoms with Crippen molar-refractivity contribution in [2.45, 2.75) is 6.92 Å². The average Bonchev–Trinajstić information content (AvgIpc) is 3.59. The number of hydrogen-bond acceptors (Lipinski definition) is 3. The monoisotopic (exact) mass is 549 g/mol. The summed E-state index contributed by atoms with van der Waals surface area (Å²) in [6, 6.07) is 45.6. The first kappa shape index (κ1) is 24.7. The van der Waals surface area contributed by atoms with Crippen LogP contribution in [0.3, 0.4) is 0 Å². The van der Waals surface area contributed by atoms with Crippen LogP contribution in [-0.4, -0.2) is 4.57 Å². The third kappa shape index (κ3) is 3.97. The number of benzene rings is 6. The van der Waals surface area contributed by atoms with Crippen LogP contribution >= 0.6 is 0 Å². The molecule has 0 saturated heterocycles. The van der Waals surface area contributed by atoms with Crippen molar-refractivity contribution in [3.05, 3.63) is 138 Å². The van der Waals surface area contributed by atoms with Gasteiger partial charge in [-0.15, -0.1) is 0 Å². The number of aryl methyl sites for hydroxylation is 1. The smallest absolute Gasteiger partial charge is 0.135 e. The minimum Gasteiger partial charge on any atom is -0.456 e. The van der Waals surface area contributed by atoms with E-state index in [0.717, 1.165) is 60.9 Å². The molecule has 0 N–H and O–H groups in total. The van der Waals surface area contributed by atoms with Crippen LogP contribution in [-0.2, 0) is 0 Å². The number of nitrogens with zero attached hydrogens (tertiary/aromatic N) is 3. The molecule has 8 rings (SSSR count). The van der Waals surface area contributed by atoms with E-state index in [4.69, 9.17) is 4.42 Å². The van der Waals surface area contributed by atoms with E-state index in [0.29, 0.717) is 11.1 Å². The van der Waals surface area contributed by atoms with Gasteiger partial charge in [-0.3, -0.25) is 0 Å². The minimum absolute atomic E-state index is 0.556. The standard InChI is InChI=1S/C39H23N3O/c1-24-10-12-37-34(14-24)32-6-2-4-8-36(32)42(37)31-18-26(23-41)17-30(20-31)29-16-25(22-40)15-28(19-29)27-11-13-39-35(21-27)33-7-3-5-9-38(33)43-39/h2-21H,1H3. The maximum Gasteiger partial charge on any atom is 0.135 e. The second kappa shape index (κ2) is 9.48. The first-order valence-corrected chi connectivity index (χ1v) is 14.1. The lowest BCUT2D eigenvalue weighted by atomic mass is 9.94. The van der Waals surface area contributed by atoms with Gasteiger partial charge in [-0.2, -0.15) is 10.5 Å². The van der Waals surface area contributed by atoms with E-state index in [-0.39, 0.29) is 0 Å². The molecule has 0 aliphatic rings. The summed E-state index contributed by atoms with van der Waals surface area (Å²) >= 11 is 0. The summed E-state index contributed by atoms with van der Waals surface area (Å²) in [5.74, 6) is 0. The summed E-state index contributed by atoms with van der Waals surface area (Å²) in [6.07, 6.45) is 0. The first-order chi connectivity index (χ1) is 21.1. The van der Waals surface area contributed by atoms with Crippen LogP contribution in [0, 0.1) is 29.6 Å². The highest BCUT2D eigenvalue weighted by Crippen LogP contribution is 2.37. The van der Waals surface area contributed by atoms with Gasteiger partial charge in [-0.05, 0) is 102 Å². The summed E-state index contributed by atoms with van der Waals surface area (Å²) < 4.78 is 8.26. The van der Waals surface area contributed by atoms with Crippen molar-refractivity contribution < 1.29 is 4.42 Å². The molecule has 4 nitrogen and oxygen atoms in total. The quantitative estimate of drug-likeness (QED) is 0.220. The lowest BCUT2D eigenvalue weighted by molar-refractivity contribution is 0.669. The summed E-state index contributed by atoms with van der Waals surface area (Å²) in [4.78, 5) is 0. The van der Waals surface area contributed by atoms with Crippen LogP contribution in [0.4, 0.5) is 0 Å². The molecule has 43 heavy (non-hydrogen) atoms. The van der Waals surface area contributed by atoms with Gasteiger partial charge in [0.1, 0.15) is 11.2 Å². The van der Waals surface area contributed by atoms with Crippen LogP contribution in [0.15, 0.2) is 126 Å². The molecule has 0 bridgehead atoms. The van der Waals surface area contributed by atoms with E-state index in [1.165, 1.54) is 16.3 Å². The molecule has 0 atom stereocenters. The minimum atomic E-state index is 0.556. The normalized spacial score (nSPS) is 11.3. The predicted octanol–water partition coefficient (Wildman–Crippen LogP) is 10.1. The molecule has 2 aromatic heterocycles. The zero-order valence-corrected chi connectivity index (χ0v) is 23.3. The topological polar surface area (TPSA) is 65.7 Å². The molecule has 0 spiro atoms. The summed E-state index contributed by atoms with van der Waals surface area (Å²) in [6.45, 7) is 2.10. The number of furan rings is 1. The van der Waals surface area contributed by atoms with Crippen molar-refractivity contribution in [3.63, 3.8) is 0 Å². The van der Waals surface area contributed by atoms with Crippen molar-refractivity contribution in [2.75, 3.05) is 0 Å². The predicted molar refractivity (Wildman–Crippen MR) is 173 cm³/mol. The summed E-state index contributed by atoms with van der Waals surface area (Å²) in [7, 11) is 0. The molecule has 0 radical (unpaired) electrons. The number of nitriles is 2. The molecular weight excluding hydrogens is 526 g/mol. The fourth-order valence-electron chi connectivity index (χ4n) is 6.27. The fourth-order valence-corrected chi connectivity index (χ4v) is 6.27. The van der Waals surface area contributed by atoms with Crippen molar-refractivity contribution in [1.82, 2.24) is 4.57 Å². The largest absolute Gasteiger partial charge is 0.456 e. The van der Waals surface area contributed by atoms with Crippen LogP contribution in [0.2, 0.25) is 0 Å². The van der Waals surface area contributed by atoms with Crippen LogP contribution in [0.25, 0.3) is 71.7 Å². The lowest BCUT2D eigenvalue weighted by Crippen LogP contribution is -1.96.